The molecule has 1 heterocycles. The molecule has 152 valence electrons. The first-order chi connectivity index (χ1) is 13.7. The summed E-state index contributed by atoms with van der Waals surface area (Å²) < 4.78 is 13.1. The SMILES string of the molecule is CC(C)(C)N/N=C(\C(=O)Nc1cccc(Cl)c1)C1C(=O)Nc2ccccc2S1=O. The number of halogens is 1. The van der Waals surface area contributed by atoms with Gasteiger partial charge in [-0.25, -0.2) is 0 Å². The molecule has 2 unspecified atom stereocenters. The highest BCUT2D eigenvalue weighted by Crippen LogP contribution is 2.28. The summed E-state index contributed by atoms with van der Waals surface area (Å²) in [5, 5.41) is 8.74. The number of carbonyl (C=O) groups is 2. The van der Waals surface area contributed by atoms with E-state index in [2.05, 4.69) is 21.2 Å². The largest absolute Gasteiger partial charge is 0.324 e. The van der Waals surface area contributed by atoms with Crippen molar-refractivity contribution in [2.24, 2.45) is 5.10 Å². The third-order valence-corrected chi connectivity index (χ3v) is 5.78. The minimum atomic E-state index is -1.79. The number of nitrogens with one attached hydrogen (secondary N) is 3. The van der Waals surface area contributed by atoms with Crippen LogP contribution in [0.25, 0.3) is 0 Å². The van der Waals surface area contributed by atoms with Crippen LogP contribution in [0.4, 0.5) is 11.4 Å². The van der Waals surface area contributed by atoms with E-state index in [0.717, 1.165) is 0 Å². The van der Waals surface area contributed by atoms with Gasteiger partial charge in [0.1, 0.15) is 0 Å². The van der Waals surface area contributed by atoms with Crippen LogP contribution in [-0.2, 0) is 20.4 Å². The van der Waals surface area contributed by atoms with Gasteiger partial charge in [0.05, 0.1) is 21.4 Å². The zero-order chi connectivity index (χ0) is 21.2. The van der Waals surface area contributed by atoms with E-state index in [-0.39, 0.29) is 5.71 Å². The second-order valence-corrected chi connectivity index (χ2v) is 9.43. The predicted octanol–water partition coefficient (Wildman–Crippen LogP) is 3.15. The number of hydrazone groups is 1. The summed E-state index contributed by atoms with van der Waals surface area (Å²) in [5.41, 5.74) is 3.11. The first-order valence-electron chi connectivity index (χ1n) is 8.88. The zero-order valence-corrected chi connectivity index (χ0v) is 17.7. The van der Waals surface area contributed by atoms with Crippen LogP contribution >= 0.6 is 11.6 Å². The van der Waals surface area contributed by atoms with Gasteiger partial charge in [-0.3, -0.25) is 13.8 Å². The van der Waals surface area contributed by atoms with E-state index in [1.807, 2.05) is 20.8 Å². The van der Waals surface area contributed by atoms with E-state index in [4.69, 9.17) is 11.6 Å². The Hall–Kier alpha value is -2.71. The molecule has 0 aliphatic carbocycles. The highest BCUT2D eigenvalue weighted by molar-refractivity contribution is 7.88. The van der Waals surface area contributed by atoms with Gasteiger partial charge in [-0.05, 0) is 51.1 Å². The van der Waals surface area contributed by atoms with Crippen LogP contribution in [0.3, 0.4) is 0 Å². The van der Waals surface area contributed by atoms with Crippen molar-refractivity contribution in [2.75, 3.05) is 10.6 Å². The lowest BCUT2D eigenvalue weighted by atomic mass is 10.1. The fourth-order valence-corrected chi connectivity index (χ4v) is 4.22. The molecule has 7 nitrogen and oxygen atoms in total. The Bertz CT molecular complexity index is 1020. The molecule has 3 N–H and O–H groups in total. The van der Waals surface area contributed by atoms with Gasteiger partial charge in [0, 0.05) is 16.2 Å². The average molecular weight is 433 g/mol. The third-order valence-electron chi connectivity index (χ3n) is 3.89. The number of nitrogens with zero attached hydrogens (tertiary/aromatic N) is 1. The Balaban J connectivity index is 1.98. The molecule has 2 atom stereocenters. The number of hydrogen-bond acceptors (Lipinski definition) is 5. The van der Waals surface area contributed by atoms with Gasteiger partial charge in [-0.2, -0.15) is 5.10 Å². The number of carbonyl (C=O) groups excluding carboxylic acids is 2. The fraction of sp³-hybridized carbons (Fsp3) is 0.250. The van der Waals surface area contributed by atoms with Gasteiger partial charge < -0.3 is 16.1 Å². The van der Waals surface area contributed by atoms with Crippen LogP contribution in [0.15, 0.2) is 58.5 Å². The van der Waals surface area contributed by atoms with E-state index < -0.39 is 33.4 Å². The van der Waals surface area contributed by atoms with E-state index in [1.165, 1.54) is 0 Å². The second kappa shape index (κ2) is 8.34. The highest BCUT2D eigenvalue weighted by Gasteiger charge is 2.40. The maximum atomic E-state index is 13.1. The lowest BCUT2D eigenvalue weighted by Crippen LogP contribution is -2.48. The monoisotopic (exact) mass is 432 g/mol. The molecule has 2 amide bonds. The molecule has 2 aromatic rings. The number of amides is 2. The number of anilines is 2. The van der Waals surface area contributed by atoms with Crippen LogP contribution < -0.4 is 16.1 Å². The summed E-state index contributed by atoms with van der Waals surface area (Å²) in [4.78, 5) is 26.2. The summed E-state index contributed by atoms with van der Waals surface area (Å²) in [6, 6.07) is 13.4. The lowest BCUT2D eigenvalue weighted by Gasteiger charge is -2.26. The third kappa shape index (κ3) is 5.02. The minimum absolute atomic E-state index is 0.176. The Morgan fingerprint density at radius 2 is 1.90 bits per heavy atom. The fourth-order valence-electron chi connectivity index (χ4n) is 2.61. The van der Waals surface area contributed by atoms with Crippen molar-refractivity contribution < 1.29 is 13.8 Å². The molecule has 0 bridgehead atoms. The predicted molar refractivity (Wildman–Crippen MR) is 116 cm³/mol. The number of hydrogen-bond donors (Lipinski definition) is 3. The number of benzene rings is 2. The summed E-state index contributed by atoms with van der Waals surface area (Å²) >= 11 is 5.97. The molecule has 0 radical (unpaired) electrons. The van der Waals surface area contributed by atoms with Crippen molar-refractivity contribution in [3.63, 3.8) is 0 Å². The molecule has 1 aliphatic heterocycles. The first-order valence-corrected chi connectivity index (χ1v) is 10.5. The minimum Gasteiger partial charge on any atom is -0.324 e. The van der Waals surface area contributed by atoms with Crippen molar-refractivity contribution in [2.45, 2.75) is 36.5 Å². The van der Waals surface area contributed by atoms with Gasteiger partial charge in [0.2, 0.25) is 5.91 Å². The summed E-state index contributed by atoms with van der Waals surface area (Å²) in [6.45, 7) is 5.57. The first kappa shape index (κ1) is 21.0. The molecule has 2 aromatic carbocycles. The smallest absolute Gasteiger partial charge is 0.273 e. The molecule has 0 fully saturated rings. The maximum Gasteiger partial charge on any atom is 0.273 e. The lowest BCUT2D eigenvalue weighted by molar-refractivity contribution is -0.116. The van der Waals surface area contributed by atoms with E-state index in [9.17, 15) is 13.8 Å². The maximum absolute atomic E-state index is 13.1. The van der Waals surface area contributed by atoms with Crippen molar-refractivity contribution in [1.29, 1.82) is 0 Å². The van der Waals surface area contributed by atoms with Crippen LogP contribution in [0, 0.1) is 0 Å². The van der Waals surface area contributed by atoms with Gasteiger partial charge in [-0.1, -0.05) is 29.8 Å². The Morgan fingerprint density at radius 1 is 1.17 bits per heavy atom. The van der Waals surface area contributed by atoms with Gasteiger partial charge >= 0.3 is 0 Å². The molecular formula is C20H21ClN4O3S. The van der Waals surface area contributed by atoms with Crippen LogP contribution in [0.2, 0.25) is 5.02 Å². The van der Waals surface area contributed by atoms with E-state index in [1.54, 1.807) is 48.5 Å². The van der Waals surface area contributed by atoms with Crippen molar-refractivity contribution in [3.05, 3.63) is 53.6 Å². The second-order valence-electron chi connectivity index (χ2n) is 7.49. The molecule has 0 aromatic heterocycles. The van der Waals surface area contributed by atoms with Crippen LogP contribution in [0.5, 0.6) is 0 Å². The summed E-state index contributed by atoms with van der Waals surface area (Å²) in [6.07, 6.45) is 0. The molecule has 3 rings (SSSR count). The number of fused-ring (bicyclic) bond motifs is 1. The number of rotatable bonds is 4. The van der Waals surface area contributed by atoms with Gasteiger partial charge in [0.25, 0.3) is 5.91 Å². The van der Waals surface area contributed by atoms with Crippen LogP contribution in [-0.4, -0.2) is 32.5 Å². The Kier molecular flexibility index (Phi) is 6.04. The number of para-hydroxylation sites is 1. The highest BCUT2D eigenvalue weighted by atomic mass is 35.5. The van der Waals surface area contributed by atoms with Gasteiger partial charge in [-0.15, -0.1) is 0 Å². The Labute approximate surface area is 176 Å². The quantitative estimate of drug-likeness (QED) is 0.510. The van der Waals surface area contributed by atoms with Crippen molar-refractivity contribution >= 4 is 51.3 Å². The van der Waals surface area contributed by atoms with E-state index >= 15 is 0 Å². The topological polar surface area (TPSA) is 99.7 Å². The molecule has 0 saturated heterocycles. The molecule has 9 heteroatoms. The Morgan fingerprint density at radius 3 is 2.59 bits per heavy atom. The van der Waals surface area contributed by atoms with Crippen LogP contribution in [0.1, 0.15) is 20.8 Å². The standard InChI is InChI=1S/C20H21ClN4O3S/c1-20(2,3)25-24-16(18(26)22-13-8-6-7-12(21)11-13)17-19(27)23-14-9-4-5-10-15(14)29(17)28/h4-11,17,25H,1-3H3,(H,22,26)(H,23,27)/b24-16-. The molecular weight excluding hydrogens is 412 g/mol. The van der Waals surface area contributed by atoms with Crippen molar-refractivity contribution in [1.82, 2.24) is 5.43 Å². The average Bonchev–Trinajstić information content (AvgIpc) is 2.63. The zero-order valence-electron chi connectivity index (χ0n) is 16.2. The van der Waals surface area contributed by atoms with Gasteiger partial charge in [0.15, 0.2) is 11.0 Å². The molecule has 0 saturated carbocycles. The normalized spacial score (nSPS) is 19.2. The molecule has 29 heavy (non-hydrogen) atoms. The summed E-state index contributed by atoms with van der Waals surface area (Å²) in [5.74, 6) is -1.20. The molecule has 0 spiro atoms. The summed E-state index contributed by atoms with van der Waals surface area (Å²) in [7, 11) is -1.79. The molecule has 1 aliphatic rings. The van der Waals surface area contributed by atoms with Crippen molar-refractivity contribution in [3.8, 4) is 0 Å². The van der Waals surface area contributed by atoms with E-state index in [0.29, 0.717) is 21.3 Å².